The topological polar surface area (TPSA) is 280 Å². The van der Waals surface area contributed by atoms with E-state index in [9.17, 15) is 14.4 Å². The number of nitrogens with zero attached hydrogens (tertiary/aromatic N) is 22. The maximum atomic E-state index is 13.9. The first kappa shape index (κ1) is 88.0. The average Bonchev–Trinajstić information content (AvgIpc) is 1.31. The highest BCUT2D eigenvalue weighted by Crippen LogP contribution is 2.43. The number of aromatic nitrogens is 18. The Morgan fingerprint density at radius 2 is 0.656 bits per heavy atom. The molecule has 27 nitrogen and oxygen atoms in total. The number of halogens is 5. The molecule has 15 heterocycles. The largest absolute Gasteiger partial charge is 0.366 e. The van der Waals surface area contributed by atoms with Gasteiger partial charge in [0.15, 0.2) is 34.9 Å². The Kier molecular flexibility index (Phi) is 26.6. The zero-order valence-corrected chi connectivity index (χ0v) is 72.2. The maximum absolute atomic E-state index is 13.9. The van der Waals surface area contributed by atoms with Gasteiger partial charge in [0.25, 0.3) is 22.6 Å². The molecule has 3 aliphatic heterocycles. The van der Waals surface area contributed by atoms with Crippen molar-refractivity contribution >= 4 is 173 Å². The molecule has 3 atom stereocenters. The van der Waals surface area contributed by atoms with Gasteiger partial charge in [-0.2, -0.15) is 70.7 Å². The van der Waals surface area contributed by atoms with Crippen LogP contribution in [0.15, 0.2) is 323 Å². The van der Waals surface area contributed by atoms with Gasteiger partial charge in [-0.25, -0.2) is 32.1 Å². The lowest BCUT2D eigenvalue weighted by Crippen LogP contribution is -2.45. The zero-order valence-electron chi connectivity index (χ0n) is 65.4. The van der Waals surface area contributed by atoms with Crippen molar-refractivity contribution < 1.29 is 0 Å². The lowest BCUT2D eigenvalue weighted by molar-refractivity contribution is 0.423. The number of fused-ring (bicyclic) bond motifs is 6. The Labute approximate surface area is 761 Å². The fraction of sp³-hybridized carbons (Fsp3) is 0.111. The van der Waals surface area contributed by atoms with Gasteiger partial charge in [-0.3, -0.25) is 33.5 Å². The molecule has 3 saturated heterocycles. The Morgan fingerprint density at radius 3 is 0.992 bits per heavy atom. The average molecular weight is 1820 g/mol. The van der Waals surface area contributed by atoms with Gasteiger partial charge >= 0.3 is 0 Å². The van der Waals surface area contributed by atoms with Crippen LogP contribution in [0.5, 0.6) is 0 Å². The van der Waals surface area contributed by atoms with E-state index >= 15 is 0 Å². The third kappa shape index (κ3) is 16.8. The molecule has 22 rings (SSSR count). The SMILES string of the molecule is C.Cl.N=C(c1ccccc1)c1ccccc1.Nc1nc(N2CC[C@H]2c2nn3ccc(Cl)c3c(=O)n2-c2ccccc2)c2cccn2n1.O=c1c2c(Cl)ccn2nc([C@@H]2CCN2c2nc(Cl)nn3cccc23)n1-c1ccccc1.O=c1c2c(Cl)ccn2nc([C@@H]2CCN2c2nc(N=C(c3ccccc3)c3ccccc3)nn3cccc23)n1-c1ccccc1.S.S.S. The minimum Gasteiger partial charge on any atom is -0.366 e. The minimum atomic E-state index is -0.223. The molecular formula is C90H79Cl5N24O3S3. The van der Waals surface area contributed by atoms with E-state index in [2.05, 4.69) is 34.9 Å². The van der Waals surface area contributed by atoms with Gasteiger partial charge in [0.05, 0.1) is 61.7 Å². The molecule has 3 N–H and O–H groups in total. The molecule has 3 aliphatic rings. The number of aliphatic imine (C=N–C) groups is 1. The van der Waals surface area contributed by atoms with Crippen LogP contribution in [0, 0.1) is 5.41 Å². The Balaban J connectivity index is 0.000000141. The van der Waals surface area contributed by atoms with Crippen molar-refractivity contribution in [2.24, 2.45) is 4.99 Å². The summed E-state index contributed by atoms with van der Waals surface area (Å²) in [5, 5.41) is 36.9. The first-order valence-electron chi connectivity index (χ1n) is 38.5. The van der Waals surface area contributed by atoms with Crippen LogP contribution >= 0.6 is 99.3 Å². The normalized spacial score (nSPS) is 14.2. The van der Waals surface area contributed by atoms with Crippen LogP contribution in [-0.4, -0.2) is 117 Å². The van der Waals surface area contributed by atoms with Crippen LogP contribution in [0.2, 0.25) is 20.4 Å². The lowest BCUT2D eigenvalue weighted by Gasteiger charge is -2.42. The van der Waals surface area contributed by atoms with Crippen LogP contribution < -0.4 is 37.1 Å². The first-order chi connectivity index (χ1) is 58.8. The monoisotopic (exact) mass is 1810 g/mol. The van der Waals surface area contributed by atoms with Crippen molar-refractivity contribution in [1.29, 1.82) is 5.41 Å². The van der Waals surface area contributed by atoms with Gasteiger partial charge in [0, 0.05) is 67.9 Å². The molecule has 19 aromatic rings. The highest BCUT2D eigenvalue weighted by molar-refractivity contribution is 7.59. The maximum Gasteiger partial charge on any atom is 0.284 e. The van der Waals surface area contributed by atoms with Gasteiger partial charge in [0.2, 0.25) is 11.2 Å². The smallest absolute Gasteiger partial charge is 0.284 e. The standard InChI is InChI=1S/C34H25ClN8O.C21H15Cl2N7O.C21H17ClN8O.C13H11N.CH4.ClH.3H2S/c35-26-18-22-42-30(26)33(44)43(25-15-8-3-9-16-25)32(38-42)27-19-21-40(27)31-28-17-10-20-41(28)39-34(37-31)36-29(23-11-4-1-5-12-23)24-13-6-2-7-14-24;2*22-14-8-12-29-17(14)20(31)30(13-5-2-1-3-6-13)19(25-29)15-9-11-27(15)18-16-7-4-10-28(16)26-21(23)24-18;14-13(11-7-3-1-4-8-11)12-9-5-2-6-10-12;;;;;/h1-18,20,22,27H,19,21H2;1-8,10,12,15H,9,11H2;1-8,10,12,15H,9,11H2,(H2,23,26);1-10,14H;1H4;1H;3*1H2/t27-;2*15-;;;;;;/m000....../s1. The number of para-hydroxylation sites is 3. The molecule has 630 valence electrons. The summed E-state index contributed by atoms with van der Waals surface area (Å²) in [4.78, 5) is 66.2. The van der Waals surface area contributed by atoms with E-state index in [1.165, 1.54) is 0 Å². The number of nitrogens with two attached hydrogens (primary N) is 1. The van der Waals surface area contributed by atoms with E-state index in [0.717, 1.165) is 106 Å². The number of anilines is 4. The molecular weight excluding hydrogens is 1740 g/mol. The lowest BCUT2D eigenvalue weighted by atomic mass is 10.0. The van der Waals surface area contributed by atoms with E-state index in [-0.39, 0.29) is 106 Å². The van der Waals surface area contributed by atoms with Crippen molar-refractivity contribution in [2.45, 2.75) is 44.8 Å². The summed E-state index contributed by atoms with van der Waals surface area (Å²) in [6.07, 6.45) is 13.1. The third-order valence-corrected chi connectivity index (χ3v) is 22.4. The summed E-state index contributed by atoms with van der Waals surface area (Å²) in [6.45, 7) is 2.25. The summed E-state index contributed by atoms with van der Waals surface area (Å²) in [5.41, 5.74) is 16.2. The third-order valence-electron chi connectivity index (χ3n) is 21.3. The summed E-state index contributed by atoms with van der Waals surface area (Å²) < 4.78 is 14.8. The number of hydrogen-bond acceptors (Lipinski definition) is 18. The first-order valence-corrected chi connectivity index (χ1v) is 40.0. The molecule has 0 aliphatic carbocycles. The van der Waals surface area contributed by atoms with Crippen LogP contribution in [0.3, 0.4) is 0 Å². The minimum absolute atomic E-state index is 0. The summed E-state index contributed by atoms with van der Waals surface area (Å²) in [7, 11) is 0. The number of nitrogens with one attached hydrogen (secondary N) is 1. The molecule has 35 heteroatoms. The number of benzene rings is 7. The molecule has 0 unspecified atom stereocenters. The zero-order chi connectivity index (χ0) is 81.6. The molecule has 125 heavy (non-hydrogen) atoms. The van der Waals surface area contributed by atoms with E-state index in [1.807, 2.05) is 267 Å². The number of hydrogen-bond donors (Lipinski definition) is 2. The molecule has 0 saturated carbocycles. The summed E-state index contributed by atoms with van der Waals surface area (Å²) in [6, 6.07) is 84.2. The summed E-state index contributed by atoms with van der Waals surface area (Å²) >= 11 is 25.2. The van der Waals surface area contributed by atoms with Crippen molar-refractivity contribution in [2.75, 3.05) is 40.1 Å². The molecule has 0 radical (unpaired) electrons. The van der Waals surface area contributed by atoms with E-state index in [0.29, 0.717) is 72.4 Å². The molecule has 12 aromatic heterocycles. The quantitative estimate of drug-likeness (QED) is 0.0957. The number of nitrogen functional groups attached to an aromatic ring is 1. The van der Waals surface area contributed by atoms with Crippen LogP contribution in [0.1, 0.15) is 84.5 Å². The van der Waals surface area contributed by atoms with Gasteiger partial charge in [0.1, 0.15) is 33.1 Å². The van der Waals surface area contributed by atoms with E-state index in [4.69, 9.17) is 87.9 Å². The van der Waals surface area contributed by atoms with Gasteiger partial charge in [-0.05, 0) is 133 Å². The molecule has 0 bridgehead atoms. The van der Waals surface area contributed by atoms with Crippen molar-refractivity contribution in [1.82, 2.24) is 86.3 Å². The second-order valence-electron chi connectivity index (χ2n) is 28.4. The number of rotatable bonds is 14. The van der Waals surface area contributed by atoms with Gasteiger partial charge in [-0.1, -0.05) is 218 Å². The Morgan fingerprint density at radius 1 is 0.352 bits per heavy atom. The fourth-order valence-corrected chi connectivity index (χ4v) is 16.2. The van der Waals surface area contributed by atoms with E-state index in [1.54, 1.807) is 77.6 Å². The van der Waals surface area contributed by atoms with Crippen LogP contribution in [-0.2, 0) is 0 Å². The molecule has 0 amide bonds. The molecule has 7 aromatic carbocycles. The van der Waals surface area contributed by atoms with Gasteiger partial charge in [-0.15, -0.1) is 27.7 Å². The van der Waals surface area contributed by atoms with Crippen molar-refractivity contribution in [3.8, 4) is 17.1 Å². The highest BCUT2D eigenvalue weighted by Gasteiger charge is 2.40. The van der Waals surface area contributed by atoms with Crippen LogP contribution in [0.4, 0.5) is 29.4 Å². The van der Waals surface area contributed by atoms with E-state index < -0.39 is 0 Å². The van der Waals surface area contributed by atoms with Crippen LogP contribution in [0.25, 0.3) is 50.2 Å². The van der Waals surface area contributed by atoms with Gasteiger partial charge < -0.3 is 20.4 Å². The van der Waals surface area contributed by atoms with Crippen molar-refractivity contribution in [3.63, 3.8) is 0 Å². The summed E-state index contributed by atoms with van der Waals surface area (Å²) in [5.74, 6) is 4.50. The molecule has 0 spiro atoms. The predicted molar refractivity (Wildman–Crippen MR) is 512 cm³/mol. The molecule has 3 fully saturated rings. The Hall–Kier alpha value is -13.3. The Bertz CT molecular complexity index is 6990. The second-order valence-corrected chi connectivity index (χ2v) is 30.0. The predicted octanol–water partition coefficient (Wildman–Crippen LogP) is 17.3. The fourth-order valence-electron chi connectivity index (χ4n) is 15.4. The second kappa shape index (κ2) is 37.8. The highest BCUT2D eigenvalue weighted by atomic mass is 35.5. The van der Waals surface area contributed by atoms with Crippen molar-refractivity contribution in [3.05, 3.63) is 395 Å².